The van der Waals surface area contributed by atoms with Crippen LogP contribution in [0.25, 0.3) is 6.08 Å². The zero-order valence-electron chi connectivity index (χ0n) is 19.7. The lowest BCUT2D eigenvalue weighted by molar-refractivity contribution is -0.114. The zero-order valence-corrected chi connectivity index (χ0v) is 22.9. The highest BCUT2D eigenvalue weighted by Gasteiger charge is 2.15. The van der Waals surface area contributed by atoms with E-state index in [1.54, 1.807) is 72.8 Å². The van der Waals surface area contributed by atoms with Crippen LogP contribution in [0.15, 0.2) is 100 Å². The molecule has 1 aromatic heterocycles. The van der Waals surface area contributed by atoms with E-state index in [4.69, 9.17) is 23.2 Å². The number of halogens is 2. The molecule has 0 saturated heterocycles. The SMILES string of the molecule is O=C(CSc1ccc(NC(=O)/C(=C/c2ccsc2)NC(=O)c2ccccc2)cc1)Nc1cc(Cl)ccc1Cl. The Morgan fingerprint density at radius 2 is 1.66 bits per heavy atom. The summed E-state index contributed by atoms with van der Waals surface area (Å²) in [6.07, 6.45) is 1.63. The van der Waals surface area contributed by atoms with Crippen LogP contribution in [0.5, 0.6) is 0 Å². The highest BCUT2D eigenvalue weighted by atomic mass is 35.5. The molecule has 0 bridgehead atoms. The van der Waals surface area contributed by atoms with E-state index in [0.29, 0.717) is 27.0 Å². The maximum atomic E-state index is 13.1. The molecule has 4 rings (SSSR count). The van der Waals surface area contributed by atoms with Crippen LogP contribution in [-0.4, -0.2) is 23.5 Å². The predicted molar refractivity (Wildman–Crippen MR) is 157 cm³/mol. The molecule has 0 aliphatic rings. The summed E-state index contributed by atoms with van der Waals surface area (Å²) in [5.41, 5.74) is 2.36. The molecule has 3 aromatic carbocycles. The van der Waals surface area contributed by atoms with Crippen LogP contribution in [0, 0.1) is 0 Å². The van der Waals surface area contributed by atoms with E-state index in [0.717, 1.165) is 10.5 Å². The first kappa shape index (κ1) is 27.5. The maximum Gasteiger partial charge on any atom is 0.272 e. The Labute approximate surface area is 238 Å². The molecule has 1 heterocycles. The largest absolute Gasteiger partial charge is 0.324 e. The fraction of sp³-hybridized carbons (Fsp3) is 0.0357. The Balaban J connectivity index is 1.37. The van der Waals surface area contributed by atoms with Gasteiger partial charge in [-0.2, -0.15) is 11.3 Å². The standard InChI is InChI=1S/C28H21Cl2N3O3S2/c29-20-6-11-23(30)24(15-20)32-26(34)17-38-22-9-7-21(8-10-22)31-28(36)25(14-18-12-13-37-16-18)33-27(35)19-4-2-1-3-5-19/h1-16H,17H2,(H,31,36)(H,32,34)(H,33,35)/b25-14-. The second-order valence-corrected chi connectivity index (χ2v) is 10.5. The fourth-order valence-electron chi connectivity index (χ4n) is 3.23. The van der Waals surface area contributed by atoms with Gasteiger partial charge in [-0.05, 0) is 83.1 Å². The first-order chi connectivity index (χ1) is 18.4. The summed E-state index contributed by atoms with van der Waals surface area (Å²) in [5.74, 6) is -0.910. The first-order valence-electron chi connectivity index (χ1n) is 11.3. The van der Waals surface area contributed by atoms with Gasteiger partial charge >= 0.3 is 0 Å². The van der Waals surface area contributed by atoms with Gasteiger partial charge in [-0.25, -0.2) is 0 Å². The zero-order chi connectivity index (χ0) is 26.9. The number of carbonyl (C=O) groups is 3. The Bertz CT molecular complexity index is 1460. The van der Waals surface area contributed by atoms with Crippen LogP contribution in [0.3, 0.4) is 0 Å². The molecule has 4 aromatic rings. The molecular formula is C28H21Cl2N3O3S2. The molecule has 0 aliphatic heterocycles. The minimum absolute atomic E-state index is 0.118. The van der Waals surface area contributed by atoms with Crippen LogP contribution >= 0.6 is 46.3 Å². The smallest absolute Gasteiger partial charge is 0.272 e. The maximum absolute atomic E-state index is 13.1. The first-order valence-corrected chi connectivity index (χ1v) is 14.0. The van der Waals surface area contributed by atoms with Crippen molar-refractivity contribution in [3.63, 3.8) is 0 Å². The third-order valence-electron chi connectivity index (χ3n) is 5.07. The quantitative estimate of drug-likeness (QED) is 0.144. The minimum Gasteiger partial charge on any atom is -0.324 e. The third-order valence-corrected chi connectivity index (χ3v) is 7.35. The molecule has 10 heteroatoms. The average Bonchev–Trinajstić information content (AvgIpc) is 3.43. The van der Waals surface area contributed by atoms with Gasteiger partial charge < -0.3 is 16.0 Å². The van der Waals surface area contributed by atoms with E-state index in [2.05, 4.69) is 16.0 Å². The van der Waals surface area contributed by atoms with Crippen molar-refractivity contribution in [3.8, 4) is 0 Å². The van der Waals surface area contributed by atoms with Crippen molar-refractivity contribution >= 4 is 81.5 Å². The van der Waals surface area contributed by atoms with E-state index >= 15 is 0 Å². The monoisotopic (exact) mass is 581 g/mol. The van der Waals surface area contributed by atoms with Gasteiger partial charge in [0.05, 0.1) is 16.5 Å². The van der Waals surface area contributed by atoms with E-state index in [-0.39, 0.29) is 23.3 Å². The summed E-state index contributed by atoms with van der Waals surface area (Å²) >= 11 is 14.9. The second-order valence-electron chi connectivity index (χ2n) is 7.87. The summed E-state index contributed by atoms with van der Waals surface area (Å²) < 4.78 is 0. The molecule has 0 aliphatic carbocycles. The molecule has 0 spiro atoms. The van der Waals surface area contributed by atoms with E-state index < -0.39 is 5.91 Å². The van der Waals surface area contributed by atoms with Gasteiger partial charge in [0.15, 0.2) is 0 Å². The van der Waals surface area contributed by atoms with Gasteiger partial charge in [0, 0.05) is 21.2 Å². The van der Waals surface area contributed by atoms with Crippen molar-refractivity contribution in [1.29, 1.82) is 0 Å². The summed E-state index contributed by atoms with van der Waals surface area (Å²) in [7, 11) is 0. The molecule has 38 heavy (non-hydrogen) atoms. The van der Waals surface area contributed by atoms with Crippen molar-refractivity contribution in [2.75, 3.05) is 16.4 Å². The fourth-order valence-corrected chi connectivity index (χ4v) is 4.88. The number of thiophene rings is 1. The number of rotatable bonds is 9. The van der Waals surface area contributed by atoms with Gasteiger partial charge in [0.1, 0.15) is 5.70 Å². The number of carbonyl (C=O) groups excluding carboxylic acids is 3. The lowest BCUT2D eigenvalue weighted by atomic mass is 10.2. The van der Waals surface area contributed by atoms with E-state index in [1.807, 2.05) is 22.9 Å². The number of nitrogens with one attached hydrogen (secondary N) is 3. The Kier molecular flexibility index (Phi) is 9.62. The summed E-state index contributed by atoms with van der Waals surface area (Å²) in [6, 6.07) is 22.4. The van der Waals surface area contributed by atoms with Gasteiger partial charge in [-0.1, -0.05) is 41.4 Å². The molecule has 0 unspecified atom stereocenters. The lowest BCUT2D eigenvalue weighted by Gasteiger charge is -2.12. The molecule has 3 amide bonds. The van der Waals surface area contributed by atoms with Crippen LogP contribution < -0.4 is 16.0 Å². The summed E-state index contributed by atoms with van der Waals surface area (Å²) in [6.45, 7) is 0. The number of anilines is 2. The van der Waals surface area contributed by atoms with Crippen molar-refractivity contribution < 1.29 is 14.4 Å². The molecule has 0 radical (unpaired) electrons. The van der Waals surface area contributed by atoms with Crippen LogP contribution in [0.1, 0.15) is 15.9 Å². The van der Waals surface area contributed by atoms with Crippen LogP contribution in [0.2, 0.25) is 10.0 Å². The molecule has 192 valence electrons. The van der Waals surface area contributed by atoms with Crippen molar-refractivity contribution in [2.24, 2.45) is 0 Å². The molecule has 0 fully saturated rings. The predicted octanol–water partition coefficient (Wildman–Crippen LogP) is 7.20. The van der Waals surface area contributed by atoms with Gasteiger partial charge in [-0.3, -0.25) is 14.4 Å². The number of hydrogen-bond acceptors (Lipinski definition) is 5. The highest BCUT2D eigenvalue weighted by molar-refractivity contribution is 8.00. The van der Waals surface area contributed by atoms with Crippen molar-refractivity contribution in [3.05, 3.63) is 116 Å². The Hall–Kier alpha value is -3.56. The van der Waals surface area contributed by atoms with Gasteiger partial charge in [-0.15, -0.1) is 11.8 Å². The number of thioether (sulfide) groups is 1. The molecule has 0 saturated carbocycles. The summed E-state index contributed by atoms with van der Waals surface area (Å²) in [5, 5.41) is 12.9. The van der Waals surface area contributed by atoms with Crippen molar-refractivity contribution in [2.45, 2.75) is 4.90 Å². The third kappa shape index (κ3) is 7.97. The van der Waals surface area contributed by atoms with Gasteiger partial charge in [0.25, 0.3) is 11.8 Å². The van der Waals surface area contributed by atoms with E-state index in [9.17, 15) is 14.4 Å². The molecule has 3 N–H and O–H groups in total. The Morgan fingerprint density at radius 3 is 2.37 bits per heavy atom. The molecule has 6 nitrogen and oxygen atoms in total. The Morgan fingerprint density at radius 1 is 0.895 bits per heavy atom. The van der Waals surface area contributed by atoms with Crippen LogP contribution in [-0.2, 0) is 9.59 Å². The second kappa shape index (κ2) is 13.3. The molecule has 0 atom stereocenters. The topological polar surface area (TPSA) is 87.3 Å². The highest BCUT2D eigenvalue weighted by Crippen LogP contribution is 2.26. The normalized spacial score (nSPS) is 11.1. The lowest BCUT2D eigenvalue weighted by Crippen LogP contribution is -2.30. The average molecular weight is 583 g/mol. The minimum atomic E-state index is -0.460. The number of amides is 3. The van der Waals surface area contributed by atoms with Crippen molar-refractivity contribution in [1.82, 2.24) is 5.32 Å². The summed E-state index contributed by atoms with van der Waals surface area (Å²) in [4.78, 5) is 38.9. The van der Waals surface area contributed by atoms with Crippen LogP contribution in [0.4, 0.5) is 11.4 Å². The number of benzene rings is 3. The van der Waals surface area contributed by atoms with Gasteiger partial charge in [0.2, 0.25) is 5.91 Å². The number of hydrogen-bond donors (Lipinski definition) is 3. The molecular weight excluding hydrogens is 561 g/mol. The van der Waals surface area contributed by atoms with E-state index in [1.165, 1.54) is 23.1 Å².